The smallest absolute Gasteiger partial charge is 0.174 e. The molecular formula is C13H20N2O2PS4+. The molecule has 122 valence electrons. The van der Waals surface area contributed by atoms with Crippen molar-refractivity contribution < 1.29 is 9.05 Å². The molecule has 0 aliphatic rings. The highest BCUT2D eigenvalue weighted by Gasteiger charge is 2.45. The molecule has 1 aromatic rings. The third-order valence-electron chi connectivity index (χ3n) is 2.32. The molecule has 22 heavy (non-hydrogen) atoms. The van der Waals surface area contributed by atoms with Gasteiger partial charge < -0.3 is 0 Å². The van der Waals surface area contributed by atoms with Gasteiger partial charge in [-0.15, -0.1) is 12.6 Å². The molecule has 0 aliphatic heterocycles. The van der Waals surface area contributed by atoms with E-state index < -0.39 is 8.02 Å². The molecule has 1 rings (SSSR count). The van der Waals surface area contributed by atoms with Crippen LogP contribution in [0.2, 0.25) is 0 Å². The van der Waals surface area contributed by atoms with E-state index in [-0.39, 0.29) is 0 Å². The van der Waals surface area contributed by atoms with E-state index in [0.29, 0.717) is 21.9 Å². The zero-order chi connectivity index (χ0) is 16.4. The minimum Gasteiger partial charge on any atom is -0.174 e. The van der Waals surface area contributed by atoms with Crippen LogP contribution in [0.3, 0.4) is 0 Å². The van der Waals surface area contributed by atoms with Crippen LogP contribution in [0.5, 0.6) is 0 Å². The topological polar surface area (TPSA) is 42.5 Å². The van der Waals surface area contributed by atoms with E-state index in [1.54, 1.807) is 0 Å². The summed E-state index contributed by atoms with van der Waals surface area (Å²) in [6.07, 6.45) is 0. The van der Waals surface area contributed by atoms with Crippen molar-refractivity contribution in [2.24, 2.45) is 0 Å². The lowest BCUT2D eigenvalue weighted by Crippen LogP contribution is -2.35. The lowest BCUT2D eigenvalue weighted by atomic mass is 10.2. The van der Waals surface area contributed by atoms with Gasteiger partial charge in [0.05, 0.1) is 13.2 Å². The number of hydrogen-bond acceptors (Lipinski definition) is 5. The standard InChI is InChI=1S/C13H19N2O2PS4/c1-3-16-18(17-4-2,14-12(19)20)15-13(21)22-10-11-8-6-5-7-9-11/h5-9H,3-4,10H2,1-2H3,(H2-,14,15,19,20,21)/p+1. The Morgan fingerprint density at radius 1 is 1.14 bits per heavy atom. The van der Waals surface area contributed by atoms with Gasteiger partial charge >= 0.3 is 8.02 Å². The number of hydrogen-bond donors (Lipinski definition) is 3. The molecule has 0 amide bonds. The largest absolute Gasteiger partial charge is 0.485 e. The van der Waals surface area contributed by atoms with Crippen molar-refractivity contribution in [1.29, 1.82) is 0 Å². The van der Waals surface area contributed by atoms with Crippen molar-refractivity contribution in [1.82, 2.24) is 10.2 Å². The Kier molecular flexibility index (Phi) is 9.82. The lowest BCUT2D eigenvalue weighted by molar-refractivity contribution is 0.241. The fourth-order valence-corrected chi connectivity index (χ4v) is 5.57. The number of nitrogens with one attached hydrogen (secondary N) is 2. The maximum atomic E-state index is 5.73. The zero-order valence-corrected chi connectivity index (χ0v) is 16.7. The molecule has 0 aromatic heterocycles. The van der Waals surface area contributed by atoms with Crippen LogP contribution in [-0.4, -0.2) is 21.9 Å². The van der Waals surface area contributed by atoms with E-state index >= 15 is 0 Å². The lowest BCUT2D eigenvalue weighted by Gasteiger charge is -2.23. The van der Waals surface area contributed by atoms with E-state index in [4.69, 9.17) is 33.5 Å². The summed E-state index contributed by atoms with van der Waals surface area (Å²) in [5, 5.41) is 6.12. The molecule has 0 aliphatic carbocycles. The Balaban J connectivity index is 2.66. The third kappa shape index (κ3) is 7.55. The van der Waals surface area contributed by atoms with Crippen molar-refractivity contribution in [3.63, 3.8) is 0 Å². The van der Waals surface area contributed by atoms with E-state index in [2.05, 4.69) is 34.9 Å². The molecule has 2 N–H and O–H groups in total. The Morgan fingerprint density at radius 3 is 2.23 bits per heavy atom. The van der Waals surface area contributed by atoms with E-state index in [0.717, 1.165) is 5.75 Å². The fourth-order valence-electron chi connectivity index (χ4n) is 1.56. The maximum Gasteiger partial charge on any atom is 0.485 e. The fraction of sp³-hybridized carbons (Fsp3) is 0.385. The molecule has 0 radical (unpaired) electrons. The second kappa shape index (κ2) is 10.8. The van der Waals surface area contributed by atoms with Gasteiger partial charge in [-0.05, 0) is 43.8 Å². The second-order valence-electron chi connectivity index (χ2n) is 3.98. The van der Waals surface area contributed by atoms with Gasteiger partial charge in [0.1, 0.15) is 0 Å². The summed E-state index contributed by atoms with van der Waals surface area (Å²) < 4.78 is 12.4. The van der Waals surface area contributed by atoms with Gasteiger partial charge in [-0.2, -0.15) is 19.2 Å². The van der Waals surface area contributed by atoms with Crippen molar-refractivity contribution in [2.75, 3.05) is 13.2 Å². The van der Waals surface area contributed by atoms with Gasteiger partial charge in [-0.1, -0.05) is 42.1 Å². The van der Waals surface area contributed by atoms with Crippen molar-refractivity contribution in [3.05, 3.63) is 35.9 Å². The number of benzene rings is 1. The average molecular weight is 396 g/mol. The predicted octanol–water partition coefficient (Wildman–Crippen LogP) is 4.35. The summed E-state index contributed by atoms with van der Waals surface area (Å²) in [6, 6.07) is 10.1. The molecule has 0 spiro atoms. The number of thioether (sulfide) groups is 1. The van der Waals surface area contributed by atoms with Crippen LogP contribution in [0.4, 0.5) is 0 Å². The molecule has 0 saturated heterocycles. The number of thiol groups is 1. The molecule has 0 fully saturated rings. The molecule has 9 heteroatoms. The monoisotopic (exact) mass is 395 g/mol. The van der Waals surface area contributed by atoms with E-state index in [1.165, 1.54) is 17.3 Å². The molecule has 0 atom stereocenters. The highest BCUT2D eigenvalue weighted by Crippen LogP contribution is 2.53. The molecule has 0 saturated carbocycles. The Morgan fingerprint density at radius 2 is 1.73 bits per heavy atom. The van der Waals surface area contributed by atoms with Gasteiger partial charge in [-0.25, -0.2) is 0 Å². The summed E-state index contributed by atoms with van der Waals surface area (Å²) in [5.41, 5.74) is 1.20. The van der Waals surface area contributed by atoms with Crippen LogP contribution in [0, 0.1) is 0 Å². The molecule has 1 aromatic carbocycles. The molecule has 0 heterocycles. The third-order valence-corrected chi connectivity index (χ3v) is 6.74. The van der Waals surface area contributed by atoms with Crippen molar-refractivity contribution in [3.8, 4) is 0 Å². The molecule has 0 unspecified atom stereocenters. The summed E-state index contributed by atoms with van der Waals surface area (Å²) in [4.78, 5) is 0. The summed E-state index contributed by atoms with van der Waals surface area (Å²) in [5.74, 6) is 0.774. The van der Waals surface area contributed by atoms with Gasteiger partial charge in [0.15, 0.2) is 8.64 Å². The average Bonchev–Trinajstić information content (AvgIpc) is 2.46. The minimum absolute atomic E-state index is 0.304. The highest BCUT2D eigenvalue weighted by atomic mass is 32.2. The Labute approximate surface area is 153 Å². The van der Waals surface area contributed by atoms with Gasteiger partial charge in [-0.3, -0.25) is 0 Å². The van der Waals surface area contributed by atoms with Crippen molar-refractivity contribution in [2.45, 2.75) is 19.6 Å². The van der Waals surface area contributed by atoms with Gasteiger partial charge in [0, 0.05) is 5.75 Å². The number of rotatable bonds is 8. The molecule has 4 nitrogen and oxygen atoms in total. The normalized spacial score (nSPS) is 11.0. The summed E-state index contributed by atoms with van der Waals surface area (Å²) in [7, 11) is -2.61. The summed E-state index contributed by atoms with van der Waals surface area (Å²) >= 11 is 16.0. The first-order valence-electron chi connectivity index (χ1n) is 6.69. The predicted molar refractivity (Wildman–Crippen MR) is 108 cm³/mol. The molecule has 0 bridgehead atoms. The second-order valence-corrected chi connectivity index (χ2v) is 8.85. The first-order valence-corrected chi connectivity index (χ1v) is 10.6. The highest BCUT2D eigenvalue weighted by molar-refractivity contribution is 8.23. The van der Waals surface area contributed by atoms with Crippen LogP contribution in [0.25, 0.3) is 0 Å². The van der Waals surface area contributed by atoms with Crippen LogP contribution < -0.4 is 10.2 Å². The minimum atomic E-state index is -2.61. The first-order chi connectivity index (χ1) is 10.5. The number of thiocarbonyl (C=S) groups is 2. The van der Waals surface area contributed by atoms with Crippen LogP contribution in [0.1, 0.15) is 19.4 Å². The Hall–Kier alpha value is 0.0500. The van der Waals surface area contributed by atoms with Gasteiger partial charge in [0.2, 0.25) is 0 Å². The van der Waals surface area contributed by atoms with Crippen LogP contribution in [-0.2, 0) is 14.8 Å². The summed E-state index contributed by atoms with van der Waals surface area (Å²) in [6.45, 7) is 4.71. The van der Waals surface area contributed by atoms with Crippen LogP contribution >= 0.6 is 56.8 Å². The SMILES string of the molecule is CCO[P+](NC(=S)S)(NC(=S)SCc1ccccc1)OCC. The quantitative estimate of drug-likeness (QED) is 0.343. The van der Waals surface area contributed by atoms with Crippen LogP contribution in [0.15, 0.2) is 30.3 Å². The van der Waals surface area contributed by atoms with Crippen molar-refractivity contribution >= 4 is 65.5 Å². The first kappa shape index (κ1) is 20.1. The molecular weight excluding hydrogens is 375 g/mol. The van der Waals surface area contributed by atoms with E-state index in [1.807, 2.05) is 32.0 Å². The van der Waals surface area contributed by atoms with E-state index in [9.17, 15) is 0 Å². The Bertz CT molecular complexity index is 484. The van der Waals surface area contributed by atoms with Gasteiger partial charge in [0.25, 0.3) is 0 Å². The maximum absolute atomic E-state index is 5.73. The zero-order valence-electron chi connectivity index (χ0n) is 12.4.